The van der Waals surface area contributed by atoms with Crippen LogP contribution < -0.4 is 0 Å². The summed E-state index contributed by atoms with van der Waals surface area (Å²) in [5.41, 5.74) is 3.63. The van der Waals surface area contributed by atoms with Gasteiger partial charge in [-0.25, -0.2) is 8.42 Å². The smallest absolute Gasteiger partial charge is 0.244 e. The van der Waals surface area contributed by atoms with E-state index >= 15 is 0 Å². The summed E-state index contributed by atoms with van der Waals surface area (Å²) in [7, 11) is -3.80. The van der Waals surface area contributed by atoms with Crippen molar-refractivity contribution in [3.63, 3.8) is 0 Å². The molecule has 1 aliphatic rings. The maximum Gasteiger partial charge on any atom is 0.244 e. The molecule has 1 aromatic carbocycles. The van der Waals surface area contributed by atoms with E-state index in [2.05, 4.69) is 12.3 Å². The Morgan fingerprint density at radius 2 is 1.96 bits per heavy atom. The number of rotatable bonds is 6. The van der Waals surface area contributed by atoms with Crippen LogP contribution in [0.3, 0.4) is 0 Å². The van der Waals surface area contributed by atoms with Gasteiger partial charge in [0, 0.05) is 0 Å². The summed E-state index contributed by atoms with van der Waals surface area (Å²) in [6.45, 7) is 7.46. The Labute approximate surface area is 144 Å². The number of carbonyl (C=O) groups excluding carboxylic acids is 1. The molecule has 24 heavy (non-hydrogen) atoms. The van der Waals surface area contributed by atoms with Crippen molar-refractivity contribution < 1.29 is 13.2 Å². The third-order valence-electron chi connectivity index (χ3n) is 4.10. The average Bonchev–Trinajstić information content (AvgIpc) is 2.55. The molecule has 0 bridgehead atoms. The van der Waals surface area contributed by atoms with Crippen LogP contribution in [0.1, 0.15) is 31.7 Å². The first-order chi connectivity index (χ1) is 11.4. The van der Waals surface area contributed by atoms with Gasteiger partial charge in [-0.1, -0.05) is 50.1 Å². The first kappa shape index (κ1) is 18.4. The second kappa shape index (κ2) is 7.75. The molecular weight excluding hydrogens is 322 g/mol. The molecule has 0 unspecified atom stereocenters. The quantitative estimate of drug-likeness (QED) is 0.743. The van der Waals surface area contributed by atoms with E-state index in [1.165, 1.54) is 10.4 Å². The monoisotopic (exact) mass is 345 g/mol. The van der Waals surface area contributed by atoms with Crippen molar-refractivity contribution in [1.29, 1.82) is 0 Å². The molecule has 0 amide bonds. The lowest BCUT2D eigenvalue weighted by atomic mass is 9.99. The summed E-state index contributed by atoms with van der Waals surface area (Å²) in [6.07, 6.45) is 6.83. The predicted octanol–water partition coefficient (Wildman–Crippen LogP) is 3.39. The number of hydrogen-bond acceptors (Lipinski definition) is 3. The van der Waals surface area contributed by atoms with Crippen LogP contribution in [0.25, 0.3) is 0 Å². The number of benzene rings is 1. The fourth-order valence-corrected chi connectivity index (χ4v) is 4.52. The van der Waals surface area contributed by atoms with E-state index in [1.807, 2.05) is 13.8 Å². The normalized spacial score (nSPS) is 21.5. The van der Waals surface area contributed by atoms with Crippen molar-refractivity contribution in [2.75, 3.05) is 0 Å². The first-order valence-corrected chi connectivity index (χ1v) is 9.54. The van der Waals surface area contributed by atoms with E-state index < -0.39 is 22.1 Å². The molecule has 0 radical (unpaired) electrons. The molecule has 1 heterocycles. The van der Waals surface area contributed by atoms with Crippen LogP contribution >= 0.6 is 0 Å². The Balaban J connectivity index is 2.52. The van der Waals surface area contributed by atoms with Crippen molar-refractivity contribution in [2.45, 2.75) is 50.1 Å². The number of aryl methyl sites for hydroxylation is 1. The Morgan fingerprint density at radius 1 is 1.29 bits per heavy atom. The lowest BCUT2D eigenvalue weighted by molar-refractivity contribution is -0.119. The van der Waals surface area contributed by atoms with Gasteiger partial charge in [0.25, 0.3) is 0 Å². The summed E-state index contributed by atoms with van der Waals surface area (Å²) in [5, 5.41) is 0. The molecule has 4 nitrogen and oxygen atoms in total. The molecule has 128 valence electrons. The number of ketones is 1. The van der Waals surface area contributed by atoms with E-state index in [0.717, 1.165) is 18.4 Å². The summed E-state index contributed by atoms with van der Waals surface area (Å²) >= 11 is 0. The number of unbranched alkanes of at least 4 members (excludes halogenated alkanes) is 1. The second-order valence-corrected chi connectivity index (χ2v) is 7.77. The molecule has 0 aromatic heterocycles. The van der Waals surface area contributed by atoms with Crippen molar-refractivity contribution in [3.05, 3.63) is 60.4 Å². The van der Waals surface area contributed by atoms with Crippen molar-refractivity contribution in [2.24, 2.45) is 0 Å². The minimum Gasteiger partial charge on any atom is -0.293 e. The third-order valence-corrected chi connectivity index (χ3v) is 6.02. The van der Waals surface area contributed by atoms with Gasteiger partial charge in [-0.15, -0.1) is 5.73 Å². The van der Waals surface area contributed by atoms with Gasteiger partial charge >= 0.3 is 0 Å². The summed E-state index contributed by atoms with van der Waals surface area (Å²) in [6, 6.07) is 5.45. The first-order valence-electron chi connectivity index (χ1n) is 8.10. The average molecular weight is 345 g/mol. The van der Waals surface area contributed by atoms with E-state index in [1.54, 1.807) is 36.4 Å². The van der Waals surface area contributed by atoms with Crippen LogP contribution in [0.15, 0.2) is 59.7 Å². The summed E-state index contributed by atoms with van der Waals surface area (Å²) in [5.74, 6) is -0.173. The van der Waals surface area contributed by atoms with Crippen LogP contribution in [0.5, 0.6) is 0 Å². The summed E-state index contributed by atoms with van der Waals surface area (Å²) < 4.78 is 27.6. The highest BCUT2D eigenvalue weighted by atomic mass is 32.2. The molecule has 0 spiro atoms. The zero-order valence-corrected chi connectivity index (χ0v) is 14.9. The van der Waals surface area contributed by atoms with Crippen molar-refractivity contribution >= 4 is 15.8 Å². The zero-order chi connectivity index (χ0) is 17.7. The van der Waals surface area contributed by atoms with Gasteiger partial charge in [-0.2, -0.15) is 4.31 Å². The lowest BCUT2D eigenvalue weighted by Gasteiger charge is -2.35. The van der Waals surface area contributed by atoms with Gasteiger partial charge in [0.2, 0.25) is 10.0 Å². The topological polar surface area (TPSA) is 54.5 Å². The molecule has 2 rings (SSSR count). The van der Waals surface area contributed by atoms with Gasteiger partial charge in [-0.3, -0.25) is 4.79 Å². The van der Waals surface area contributed by atoms with Crippen LogP contribution in [-0.4, -0.2) is 30.6 Å². The van der Waals surface area contributed by atoms with Crippen molar-refractivity contribution in [1.82, 2.24) is 4.31 Å². The highest BCUT2D eigenvalue weighted by molar-refractivity contribution is 7.89. The molecule has 0 aliphatic carbocycles. The lowest BCUT2D eigenvalue weighted by Crippen LogP contribution is -2.51. The predicted molar refractivity (Wildman–Crippen MR) is 95.2 cm³/mol. The summed E-state index contributed by atoms with van der Waals surface area (Å²) in [4.78, 5) is 12.5. The second-order valence-electron chi connectivity index (χ2n) is 5.93. The molecule has 0 fully saturated rings. The molecule has 0 saturated carbocycles. The van der Waals surface area contributed by atoms with Crippen LogP contribution in [0.2, 0.25) is 0 Å². The maximum atomic E-state index is 13.2. The minimum absolute atomic E-state index is 0.173. The minimum atomic E-state index is -3.80. The van der Waals surface area contributed by atoms with E-state index in [4.69, 9.17) is 0 Å². The Morgan fingerprint density at radius 3 is 2.54 bits per heavy atom. The van der Waals surface area contributed by atoms with Gasteiger partial charge in [-0.05, 0) is 37.6 Å². The number of carbonyl (C=O) groups is 1. The number of nitrogens with zero attached hydrogens (tertiary/aromatic N) is 1. The van der Waals surface area contributed by atoms with E-state index in [-0.39, 0.29) is 10.7 Å². The Bertz CT molecular complexity index is 771. The Kier molecular flexibility index (Phi) is 5.94. The van der Waals surface area contributed by atoms with E-state index in [9.17, 15) is 13.2 Å². The number of hydrogen-bond donors (Lipinski definition) is 0. The Hall–Kier alpha value is -1.94. The molecule has 1 aromatic rings. The molecule has 5 heteroatoms. The van der Waals surface area contributed by atoms with Crippen molar-refractivity contribution in [3.8, 4) is 0 Å². The van der Waals surface area contributed by atoms with Gasteiger partial charge in [0.15, 0.2) is 5.78 Å². The molecule has 0 N–H and O–H groups in total. The highest BCUT2D eigenvalue weighted by Gasteiger charge is 2.40. The van der Waals surface area contributed by atoms with Gasteiger partial charge < -0.3 is 0 Å². The van der Waals surface area contributed by atoms with Gasteiger partial charge in [0.1, 0.15) is 0 Å². The van der Waals surface area contributed by atoms with Crippen LogP contribution in [0, 0.1) is 6.92 Å². The number of sulfonamides is 1. The molecule has 0 saturated heterocycles. The fourth-order valence-electron chi connectivity index (χ4n) is 2.80. The standard InChI is InChI=1S/C19H23NO3S/c1-4-6-8-18-19(21)14-11-16(7-5-2)20(18)24(22,23)17-12-9-15(3)10-13-17/h7,9-14,16,18H,2,4,6,8H2,1,3H3/t16-,18+/m0/s1. The van der Waals surface area contributed by atoms with E-state index in [0.29, 0.717) is 6.42 Å². The highest BCUT2D eigenvalue weighted by Crippen LogP contribution is 2.28. The maximum absolute atomic E-state index is 13.2. The molecule has 1 aliphatic heterocycles. The molecule has 2 atom stereocenters. The largest absolute Gasteiger partial charge is 0.293 e. The fraction of sp³-hybridized carbons (Fsp3) is 0.368. The zero-order valence-electron chi connectivity index (χ0n) is 14.1. The molecular formula is C19H23NO3S. The third kappa shape index (κ3) is 3.75. The van der Waals surface area contributed by atoms with Crippen LogP contribution in [0.4, 0.5) is 0 Å². The SMILES string of the molecule is C=C=C[C@H]1C=CC(=O)[C@@H](CCCC)N1S(=O)(=O)c1ccc(C)cc1. The van der Waals surface area contributed by atoms with Crippen LogP contribution in [-0.2, 0) is 14.8 Å². The van der Waals surface area contributed by atoms with Gasteiger partial charge in [0.05, 0.1) is 17.0 Å².